The molecule has 3 heterocycles. The fourth-order valence-corrected chi connectivity index (χ4v) is 3.33. The fourth-order valence-electron chi connectivity index (χ4n) is 3.33. The number of rotatable bonds is 5. The Morgan fingerprint density at radius 1 is 1.35 bits per heavy atom. The van der Waals surface area contributed by atoms with E-state index in [1.54, 1.807) is 26.5 Å². The van der Waals surface area contributed by atoms with E-state index in [0.29, 0.717) is 24.8 Å². The van der Waals surface area contributed by atoms with Crippen LogP contribution < -0.4 is 4.90 Å². The second-order valence-corrected chi connectivity index (χ2v) is 6.10. The summed E-state index contributed by atoms with van der Waals surface area (Å²) in [6.45, 7) is 3.00. The number of anilines is 1. The van der Waals surface area contributed by atoms with E-state index in [4.69, 9.17) is 9.47 Å². The molecule has 7 nitrogen and oxygen atoms in total. The number of carbonyl (C=O) groups excluding carboxylic acids is 1. The van der Waals surface area contributed by atoms with Crippen LogP contribution >= 0.6 is 0 Å². The molecule has 2 atom stereocenters. The molecular formula is C16H24N4O3. The van der Waals surface area contributed by atoms with Crippen LogP contribution in [0.15, 0.2) is 12.3 Å². The van der Waals surface area contributed by atoms with Crippen LogP contribution in [0.2, 0.25) is 0 Å². The predicted octanol–water partition coefficient (Wildman–Crippen LogP) is 0.953. The van der Waals surface area contributed by atoms with Crippen LogP contribution in [0, 0.1) is 0 Å². The highest BCUT2D eigenvalue weighted by molar-refractivity contribution is 5.93. The molecular weight excluding hydrogens is 296 g/mol. The van der Waals surface area contributed by atoms with Crippen molar-refractivity contribution in [3.05, 3.63) is 18.0 Å². The number of likely N-dealkylation sites (tertiary alicyclic amines) is 1. The van der Waals surface area contributed by atoms with Gasteiger partial charge < -0.3 is 19.3 Å². The van der Waals surface area contributed by atoms with Crippen LogP contribution in [0.5, 0.6) is 0 Å². The van der Waals surface area contributed by atoms with Gasteiger partial charge in [-0.2, -0.15) is 0 Å². The zero-order valence-electron chi connectivity index (χ0n) is 13.8. The van der Waals surface area contributed by atoms with Gasteiger partial charge in [0.15, 0.2) is 0 Å². The molecule has 23 heavy (non-hydrogen) atoms. The van der Waals surface area contributed by atoms with Gasteiger partial charge in [-0.3, -0.25) is 4.79 Å². The molecule has 0 spiro atoms. The maximum Gasteiger partial charge on any atom is 0.273 e. The Balaban J connectivity index is 1.77. The Bertz CT molecular complexity index is 548. The van der Waals surface area contributed by atoms with Crippen molar-refractivity contribution in [1.29, 1.82) is 0 Å². The van der Waals surface area contributed by atoms with Gasteiger partial charge in [0.05, 0.1) is 18.8 Å². The number of ether oxygens (including phenoxy) is 2. The zero-order chi connectivity index (χ0) is 16.2. The van der Waals surface area contributed by atoms with Gasteiger partial charge in [0.25, 0.3) is 5.91 Å². The SMILES string of the molecule is COC[C@@H]1C[C@H](OC)CN1C(=O)c1ccnc(N2CCCC2)n1. The van der Waals surface area contributed by atoms with Gasteiger partial charge in [0.2, 0.25) is 5.95 Å². The minimum Gasteiger partial charge on any atom is -0.383 e. The van der Waals surface area contributed by atoms with E-state index in [1.807, 2.05) is 4.90 Å². The molecule has 1 aromatic heterocycles. The average Bonchev–Trinajstić information content (AvgIpc) is 3.24. The number of methoxy groups -OCH3 is 2. The molecule has 2 saturated heterocycles. The highest BCUT2D eigenvalue weighted by Crippen LogP contribution is 2.23. The van der Waals surface area contributed by atoms with E-state index >= 15 is 0 Å². The standard InChI is InChI=1S/C16H24N4O3/c1-22-11-12-9-13(23-2)10-20(12)15(21)14-5-6-17-16(18-14)19-7-3-4-8-19/h5-6,12-13H,3-4,7-11H2,1-2H3/t12-,13-/m0/s1. The van der Waals surface area contributed by atoms with Crippen LogP contribution in [0.1, 0.15) is 29.8 Å². The summed E-state index contributed by atoms with van der Waals surface area (Å²) in [6.07, 6.45) is 4.82. The van der Waals surface area contributed by atoms with E-state index in [1.165, 1.54) is 0 Å². The molecule has 0 saturated carbocycles. The van der Waals surface area contributed by atoms with Crippen molar-refractivity contribution in [3.63, 3.8) is 0 Å². The summed E-state index contributed by atoms with van der Waals surface area (Å²) in [5.74, 6) is 0.577. The summed E-state index contributed by atoms with van der Waals surface area (Å²) < 4.78 is 10.7. The molecule has 0 N–H and O–H groups in total. The monoisotopic (exact) mass is 320 g/mol. The van der Waals surface area contributed by atoms with E-state index in [-0.39, 0.29) is 18.1 Å². The summed E-state index contributed by atoms with van der Waals surface area (Å²) in [6, 6.07) is 1.72. The topological polar surface area (TPSA) is 67.8 Å². The molecule has 0 aliphatic carbocycles. The van der Waals surface area contributed by atoms with Gasteiger partial charge >= 0.3 is 0 Å². The Morgan fingerprint density at radius 3 is 2.83 bits per heavy atom. The van der Waals surface area contributed by atoms with Crippen LogP contribution in [0.25, 0.3) is 0 Å². The maximum absolute atomic E-state index is 12.9. The molecule has 0 aromatic carbocycles. The van der Waals surface area contributed by atoms with Crippen molar-refractivity contribution in [1.82, 2.24) is 14.9 Å². The minimum atomic E-state index is -0.0746. The molecule has 3 rings (SSSR count). The number of nitrogens with zero attached hydrogens (tertiary/aromatic N) is 4. The lowest BCUT2D eigenvalue weighted by Crippen LogP contribution is -2.39. The van der Waals surface area contributed by atoms with E-state index in [2.05, 4.69) is 14.9 Å². The Kier molecular flexibility index (Phi) is 5.07. The maximum atomic E-state index is 12.9. The third-order valence-corrected chi connectivity index (χ3v) is 4.58. The van der Waals surface area contributed by atoms with Gasteiger partial charge in [-0.05, 0) is 25.3 Å². The molecule has 2 aliphatic heterocycles. The molecule has 2 aliphatic rings. The van der Waals surface area contributed by atoms with Crippen LogP contribution in [0.3, 0.4) is 0 Å². The van der Waals surface area contributed by atoms with Gasteiger partial charge in [-0.25, -0.2) is 9.97 Å². The predicted molar refractivity (Wildman–Crippen MR) is 85.6 cm³/mol. The Hall–Kier alpha value is -1.73. The van der Waals surface area contributed by atoms with E-state index < -0.39 is 0 Å². The number of hydrogen-bond acceptors (Lipinski definition) is 6. The lowest BCUT2D eigenvalue weighted by atomic mass is 10.2. The number of carbonyl (C=O) groups is 1. The molecule has 0 radical (unpaired) electrons. The highest BCUT2D eigenvalue weighted by Gasteiger charge is 2.36. The van der Waals surface area contributed by atoms with Crippen molar-refractivity contribution < 1.29 is 14.3 Å². The van der Waals surface area contributed by atoms with Crippen molar-refractivity contribution in [2.24, 2.45) is 0 Å². The lowest BCUT2D eigenvalue weighted by molar-refractivity contribution is 0.0606. The Morgan fingerprint density at radius 2 is 2.13 bits per heavy atom. The summed E-state index contributed by atoms with van der Waals surface area (Å²) in [5.41, 5.74) is 0.444. The average molecular weight is 320 g/mol. The molecule has 0 unspecified atom stereocenters. The summed E-state index contributed by atoms with van der Waals surface area (Å²) >= 11 is 0. The zero-order valence-corrected chi connectivity index (χ0v) is 13.8. The van der Waals surface area contributed by atoms with Gasteiger partial charge in [-0.1, -0.05) is 0 Å². The first kappa shape index (κ1) is 16.1. The van der Waals surface area contributed by atoms with Crippen molar-refractivity contribution in [2.45, 2.75) is 31.4 Å². The summed E-state index contributed by atoms with van der Waals surface area (Å²) in [4.78, 5) is 25.6. The number of aromatic nitrogens is 2. The largest absolute Gasteiger partial charge is 0.383 e. The van der Waals surface area contributed by atoms with Crippen LogP contribution in [-0.4, -0.2) is 73.4 Å². The molecule has 126 valence electrons. The first-order valence-electron chi connectivity index (χ1n) is 8.13. The van der Waals surface area contributed by atoms with E-state index in [9.17, 15) is 4.79 Å². The third-order valence-electron chi connectivity index (χ3n) is 4.58. The molecule has 2 fully saturated rings. The Labute approximate surface area is 136 Å². The fraction of sp³-hybridized carbons (Fsp3) is 0.688. The number of amides is 1. The third kappa shape index (κ3) is 3.45. The first-order valence-corrected chi connectivity index (χ1v) is 8.13. The number of hydrogen-bond donors (Lipinski definition) is 0. The van der Waals surface area contributed by atoms with Crippen molar-refractivity contribution in [3.8, 4) is 0 Å². The van der Waals surface area contributed by atoms with Gasteiger partial charge in [-0.15, -0.1) is 0 Å². The van der Waals surface area contributed by atoms with Gasteiger partial charge in [0.1, 0.15) is 5.69 Å². The normalized spacial score (nSPS) is 24.4. The first-order chi connectivity index (χ1) is 11.2. The molecule has 0 bridgehead atoms. The second kappa shape index (κ2) is 7.23. The molecule has 7 heteroatoms. The quantitative estimate of drug-likeness (QED) is 0.805. The summed E-state index contributed by atoms with van der Waals surface area (Å²) in [5, 5.41) is 0. The van der Waals surface area contributed by atoms with Gasteiger partial charge in [0, 0.05) is 40.1 Å². The van der Waals surface area contributed by atoms with Crippen molar-refractivity contribution in [2.75, 3.05) is 45.4 Å². The second-order valence-electron chi connectivity index (χ2n) is 6.10. The molecule has 1 aromatic rings. The lowest BCUT2D eigenvalue weighted by Gasteiger charge is -2.24. The van der Waals surface area contributed by atoms with Crippen LogP contribution in [0.4, 0.5) is 5.95 Å². The van der Waals surface area contributed by atoms with Crippen LogP contribution in [-0.2, 0) is 9.47 Å². The minimum absolute atomic E-state index is 0.0302. The smallest absolute Gasteiger partial charge is 0.273 e. The highest BCUT2D eigenvalue weighted by atomic mass is 16.5. The summed E-state index contributed by atoms with van der Waals surface area (Å²) in [7, 11) is 3.33. The van der Waals surface area contributed by atoms with E-state index in [0.717, 1.165) is 32.4 Å². The molecule has 1 amide bonds. The van der Waals surface area contributed by atoms with Crippen molar-refractivity contribution >= 4 is 11.9 Å².